The number of furan rings is 1. The second kappa shape index (κ2) is 3.98. The largest absolute Gasteiger partial charge is 0.489 e. The number of hydrogen-bond acceptors (Lipinski definition) is 3. The molecule has 0 spiro atoms. The van der Waals surface area contributed by atoms with Crippen molar-refractivity contribution in [2.24, 2.45) is 0 Å². The smallest absolute Gasteiger partial charge is 0.262 e. The fraction of sp³-hybridized carbons (Fsp3) is 0.214. The minimum atomic E-state index is -0.346. The maximum Gasteiger partial charge on any atom is 0.262 e. The van der Waals surface area contributed by atoms with Crippen LogP contribution in [0.3, 0.4) is 0 Å². The summed E-state index contributed by atoms with van der Waals surface area (Å²) >= 11 is 0. The van der Waals surface area contributed by atoms with Crippen molar-refractivity contribution in [3.05, 3.63) is 47.2 Å². The third-order valence-corrected chi connectivity index (χ3v) is 3.03. The van der Waals surface area contributed by atoms with E-state index >= 15 is 0 Å². The molecule has 0 N–H and O–H groups in total. The van der Waals surface area contributed by atoms with E-state index in [1.54, 1.807) is 13.0 Å². The molecule has 0 saturated heterocycles. The van der Waals surface area contributed by atoms with E-state index in [4.69, 9.17) is 9.15 Å². The van der Waals surface area contributed by atoms with E-state index in [-0.39, 0.29) is 17.4 Å². The molecule has 0 bridgehead atoms. The van der Waals surface area contributed by atoms with Crippen molar-refractivity contribution in [1.82, 2.24) is 0 Å². The van der Waals surface area contributed by atoms with Crippen molar-refractivity contribution in [2.45, 2.75) is 13.3 Å². The van der Waals surface area contributed by atoms with Crippen molar-refractivity contribution >= 4 is 16.8 Å². The number of rotatable bonds is 2. The predicted molar refractivity (Wildman–Crippen MR) is 63.9 cm³/mol. The van der Waals surface area contributed by atoms with Crippen LogP contribution < -0.4 is 0 Å². The number of hydrogen-bond donors (Lipinski definition) is 0. The fourth-order valence-corrected chi connectivity index (χ4v) is 2.10. The number of allylic oxidation sites excluding steroid dienone is 1. The van der Waals surface area contributed by atoms with E-state index in [0.717, 1.165) is 6.42 Å². The Morgan fingerprint density at radius 2 is 2.22 bits per heavy atom. The van der Waals surface area contributed by atoms with Crippen LogP contribution in [0.5, 0.6) is 0 Å². The van der Waals surface area contributed by atoms with Crippen LogP contribution in [0, 0.1) is 12.7 Å². The highest BCUT2D eigenvalue weighted by atomic mass is 19.1. The lowest BCUT2D eigenvalue weighted by atomic mass is 10.1. The summed E-state index contributed by atoms with van der Waals surface area (Å²) < 4.78 is 23.9. The monoisotopic (exact) mass is 246 g/mol. The van der Waals surface area contributed by atoms with Crippen LogP contribution in [0.1, 0.15) is 22.5 Å². The molecule has 4 heteroatoms. The molecule has 92 valence electrons. The molecule has 0 fully saturated rings. The minimum absolute atomic E-state index is 0.226. The number of aryl methyl sites for hydroxylation is 1. The molecule has 0 aliphatic carbocycles. The van der Waals surface area contributed by atoms with Crippen molar-refractivity contribution in [3.63, 3.8) is 0 Å². The molecule has 1 aromatic heterocycles. The van der Waals surface area contributed by atoms with Crippen LogP contribution in [0.2, 0.25) is 0 Å². The number of halogens is 1. The Hall–Kier alpha value is -2.10. The highest BCUT2D eigenvalue weighted by molar-refractivity contribution is 6.09. The maximum absolute atomic E-state index is 13.2. The lowest BCUT2D eigenvalue weighted by Crippen LogP contribution is -2.04. The van der Waals surface area contributed by atoms with Gasteiger partial charge in [0, 0.05) is 17.4 Å². The van der Waals surface area contributed by atoms with Gasteiger partial charge in [0.1, 0.15) is 11.4 Å². The zero-order chi connectivity index (χ0) is 12.7. The predicted octanol–water partition coefficient (Wildman–Crippen LogP) is 3.37. The molecule has 0 amide bonds. The molecular formula is C14H11FO3. The number of ketones is 1. The van der Waals surface area contributed by atoms with Crippen molar-refractivity contribution in [1.29, 1.82) is 0 Å². The summed E-state index contributed by atoms with van der Waals surface area (Å²) in [6.45, 7) is 2.27. The van der Waals surface area contributed by atoms with Gasteiger partial charge in [0.15, 0.2) is 11.5 Å². The van der Waals surface area contributed by atoms with Crippen LogP contribution in [0.25, 0.3) is 11.0 Å². The van der Waals surface area contributed by atoms with Gasteiger partial charge in [0.2, 0.25) is 0 Å². The Morgan fingerprint density at radius 1 is 1.39 bits per heavy atom. The van der Waals surface area contributed by atoms with E-state index in [0.29, 0.717) is 28.9 Å². The Bertz CT molecular complexity index is 667. The molecule has 0 atom stereocenters. The molecule has 3 nitrogen and oxygen atoms in total. The van der Waals surface area contributed by atoms with Crippen LogP contribution in [0.15, 0.2) is 34.5 Å². The quantitative estimate of drug-likeness (QED) is 0.763. The zero-order valence-electron chi connectivity index (χ0n) is 9.83. The van der Waals surface area contributed by atoms with Gasteiger partial charge in [0.05, 0.1) is 6.61 Å². The average Bonchev–Trinajstić information content (AvgIpc) is 2.98. The molecule has 1 aliphatic heterocycles. The summed E-state index contributed by atoms with van der Waals surface area (Å²) in [4.78, 5) is 12.1. The van der Waals surface area contributed by atoms with E-state index in [9.17, 15) is 9.18 Å². The molecular weight excluding hydrogens is 235 g/mol. The van der Waals surface area contributed by atoms with Crippen molar-refractivity contribution in [3.8, 4) is 0 Å². The van der Waals surface area contributed by atoms with Crippen LogP contribution in [0.4, 0.5) is 4.39 Å². The molecule has 0 saturated carbocycles. The molecule has 1 aliphatic rings. The number of Topliss-reactive ketones (excluding diaryl/α,β-unsaturated/α-hetero) is 1. The summed E-state index contributed by atoms with van der Waals surface area (Å²) in [5.41, 5.74) is 1.15. The first-order valence-corrected chi connectivity index (χ1v) is 5.73. The van der Waals surface area contributed by atoms with Gasteiger partial charge in [-0.25, -0.2) is 4.39 Å². The third kappa shape index (κ3) is 1.61. The minimum Gasteiger partial charge on any atom is -0.489 e. The number of carbonyl (C=O) groups excluding carboxylic acids is 1. The SMILES string of the molecule is Cc1c(C(=O)C2=CCCO2)oc2ccc(F)cc12. The van der Waals surface area contributed by atoms with Gasteiger partial charge in [-0.05, 0) is 31.2 Å². The fourth-order valence-electron chi connectivity index (χ4n) is 2.10. The van der Waals surface area contributed by atoms with Gasteiger partial charge in [0.25, 0.3) is 5.78 Å². The second-order valence-corrected chi connectivity index (χ2v) is 4.23. The van der Waals surface area contributed by atoms with E-state index in [1.807, 2.05) is 0 Å². The second-order valence-electron chi connectivity index (χ2n) is 4.23. The summed E-state index contributed by atoms with van der Waals surface area (Å²) in [7, 11) is 0. The van der Waals surface area contributed by atoms with Gasteiger partial charge in [-0.15, -0.1) is 0 Å². The standard InChI is InChI=1S/C14H11FO3/c1-8-10-7-9(15)4-5-11(10)18-14(8)13(16)12-3-2-6-17-12/h3-5,7H,2,6H2,1H3. The lowest BCUT2D eigenvalue weighted by Gasteiger charge is -2.00. The molecule has 2 heterocycles. The first-order chi connectivity index (χ1) is 8.66. The van der Waals surface area contributed by atoms with Gasteiger partial charge in [-0.2, -0.15) is 0 Å². The van der Waals surface area contributed by atoms with Crippen LogP contribution in [-0.4, -0.2) is 12.4 Å². The first-order valence-electron chi connectivity index (χ1n) is 5.73. The molecule has 18 heavy (non-hydrogen) atoms. The summed E-state index contributed by atoms with van der Waals surface area (Å²) in [5, 5.41) is 0.622. The Balaban J connectivity index is 2.12. The third-order valence-electron chi connectivity index (χ3n) is 3.03. The van der Waals surface area contributed by atoms with Crippen molar-refractivity contribution < 1.29 is 18.3 Å². The molecule has 3 rings (SSSR count). The Kier molecular flexibility index (Phi) is 2.44. The lowest BCUT2D eigenvalue weighted by molar-refractivity contribution is 0.0917. The summed E-state index contributed by atoms with van der Waals surface area (Å²) in [5.74, 6) is -0.0790. The van der Waals surface area contributed by atoms with Gasteiger partial charge in [-0.1, -0.05) is 0 Å². The van der Waals surface area contributed by atoms with E-state index in [1.165, 1.54) is 18.2 Å². The highest BCUT2D eigenvalue weighted by Gasteiger charge is 2.24. The molecule has 0 unspecified atom stereocenters. The van der Waals surface area contributed by atoms with E-state index in [2.05, 4.69) is 0 Å². The van der Waals surface area contributed by atoms with Crippen LogP contribution in [-0.2, 0) is 4.74 Å². The maximum atomic E-state index is 13.2. The number of ether oxygens (including phenoxy) is 1. The normalized spacial score (nSPS) is 14.7. The average molecular weight is 246 g/mol. The molecule has 2 aromatic rings. The first kappa shape index (κ1) is 11.0. The van der Waals surface area contributed by atoms with Crippen LogP contribution >= 0.6 is 0 Å². The Morgan fingerprint density at radius 3 is 2.94 bits per heavy atom. The highest BCUT2D eigenvalue weighted by Crippen LogP contribution is 2.28. The Labute approximate surface area is 103 Å². The number of carbonyl (C=O) groups is 1. The van der Waals surface area contributed by atoms with E-state index < -0.39 is 0 Å². The van der Waals surface area contributed by atoms with Crippen molar-refractivity contribution in [2.75, 3.05) is 6.61 Å². The zero-order valence-corrected chi connectivity index (χ0v) is 9.83. The van der Waals surface area contributed by atoms with Gasteiger partial charge >= 0.3 is 0 Å². The molecule has 1 aromatic carbocycles. The summed E-state index contributed by atoms with van der Waals surface area (Å²) in [6, 6.07) is 4.21. The number of benzene rings is 1. The number of fused-ring (bicyclic) bond motifs is 1. The topological polar surface area (TPSA) is 39.4 Å². The molecule has 0 radical (unpaired) electrons. The summed E-state index contributed by atoms with van der Waals surface area (Å²) in [6.07, 6.45) is 2.48. The van der Waals surface area contributed by atoms with Gasteiger partial charge in [-0.3, -0.25) is 4.79 Å². The van der Waals surface area contributed by atoms with Gasteiger partial charge < -0.3 is 9.15 Å².